The van der Waals surface area contributed by atoms with E-state index in [2.05, 4.69) is 6.92 Å². The molecule has 5 heteroatoms. The summed E-state index contributed by atoms with van der Waals surface area (Å²) in [6.07, 6.45) is 3.96. The van der Waals surface area contributed by atoms with E-state index in [9.17, 15) is 4.79 Å². The van der Waals surface area contributed by atoms with Gasteiger partial charge in [0.1, 0.15) is 17.3 Å². The van der Waals surface area contributed by atoms with Gasteiger partial charge in [0.05, 0.1) is 12.3 Å². The highest BCUT2D eigenvalue weighted by atomic mass is 16.5. The number of amides is 1. The zero-order valence-corrected chi connectivity index (χ0v) is 20.3. The number of aryl methyl sites for hydroxylation is 1. The van der Waals surface area contributed by atoms with Gasteiger partial charge in [-0.2, -0.15) is 0 Å². The van der Waals surface area contributed by atoms with Crippen LogP contribution >= 0.6 is 0 Å². The second-order valence-electron chi connectivity index (χ2n) is 8.65. The zero-order valence-electron chi connectivity index (χ0n) is 20.3. The fourth-order valence-corrected chi connectivity index (χ4v) is 3.70. The van der Waals surface area contributed by atoms with Crippen molar-refractivity contribution in [2.75, 3.05) is 30.5 Å². The molecular weight excluding hydrogens is 422 g/mol. The highest BCUT2D eigenvalue weighted by Gasteiger charge is 2.32. The summed E-state index contributed by atoms with van der Waals surface area (Å²) in [5.41, 5.74) is 5.25. The van der Waals surface area contributed by atoms with Crippen molar-refractivity contribution in [2.24, 2.45) is 4.99 Å². The van der Waals surface area contributed by atoms with Gasteiger partial charge in [0, 0.05) is 25.3 Å². The second-order valence-corrected chi connectivity index (χ2v) is 8.65. The van der Waals surface area contributed by atoms with Gasteiger partial charge < -0.3 is 9.64 Å². The third-order valence-electron chi connectivity index (χ3n) is 5.74. The van der Waals surface area contributed by atoms with Gasteiger partial charge in [0.25, 0.3) is 5.91 Å². The first-order chi connectivity index (χ1) is 16.5. The van der Waals surface area contributed by atoms with Gasteiger partial charge in [-0.1, -0.05) is 43.2 Å². The van der Waals surface area contributed by atoms with E-state index < -0.39 is 0 Å². The molecule has 0 saturated carbocycles. The van der Waals surface area contributed by atoms with Crippen LogP contribution in [0.4, 0.5) is 11.4 Å². The molecule has 4 rings (SSSR count). The third kappa shape index (κ3) is 5.20. The first-order valence-electron chi connectivity index (χ1n) is 11.7. The molecule has 3 aromatic carbocycles. The Balaban J connectivity index is 1.69. The van der Waals surface area contributed by atoms with Crippen LogP contribution in [0.3, 0.4) is 0 Å². The highest BCUT2D eigenvalue weighted by Crippen LogP contribution is 2.29. The Bertz CT molecular complexity index is 1190. The number of hydrogen-bond donors (Lipinski definition) is 0. The molecule has 0 atom stereocenters. The van der Waals surface area contributed by atoms with E-state index >= 15 is 0 Å². The molecule has 0 N–H and O–H groups in total. The third-order valence-corrected chi connectivity index (χ3v) is 5.74. The quantitative estimate of drug-likeness (QED) is 0.307. The van der Waals surface area contributed by atoms with Crippen molar-refractivity contribution in [3.05, 3.63) is 95.2 Å². The Morgan fingerprint density at radius 1 is 0.941 bits per heavy atom. The van der Waals surface area contributed by atoms with E-state index in [0.717, 1.165) is 46.7 Å². The molecule has 0 radical (unpaired) electrons. The number of benzene rings is 3. The maximum atomic E-state index is 13.5. The van der Waals surface area contributed by atoms with Crippen LogP contribution in [-0.4, -0.2) is 32.4 Å². The van der Waals surface area contributed by atoms with Gasteiger partial charge in [-0.05, 0) is 73.5 Å². The Morgan fingerprint density at radius 3 is 2.24 bits per heavy atom. The standard InChI is InChI=1S/C29H31N3O2/c1-5-6-19-34-26-17-11-23(12-18-26)28-30-27(20-22-9-15-24(16-10-22)31(3)4)29(33)32(28)25-13-7-21(2)8-14-25/h7-18,20H,5-6,19H2,1-4H3. The minimum Gasteiger partial charge on any atom is -0.494 e. The van der Waals surface area contributed by atoms with Crippen LogP contribution < -0.4 is 14.5 Å². The van der Waals surface area contributed by atoms with Crippen molar-refractivity contribution in [1.29, 1.82) is 0 Å². The van der Waals surface area contributed by atoms with E-state index in [4.69, 9.17) is 9.73 Å². The normalized spacial score (nSPS) is 14.5. The molecule has 0 aliphatic carbocycles. The number of rotatable bonds is 8. The van der Waals surface area contributed by atoms with E-state index in [0.29, 0.717) is 18.1 Å². The lowest BCUT2D eigenvalue weighted by Crippen LogP contribution is -2.32. The van der Waals surface area contributed by atoms with Crippen molar-refractivity contribution >= 4 is 29.2 Å². The van der Waals surface area contributed by atoms with Gasteiger partial charge in [-0.15, -0.1) is 0 Å². The summed E-state index contributed by atoms with van der Waals surface area (Å²) in [5, 5.41) is 0. The smallest absolute Gasteiger partial charge is 0.282 e. The molecule has 1 aliphatic heterocycles. The molecule has 0 spiro atoms. The SMILES string of the molecule is CCCCOc1ccc(C2=NC(=Cc3ccc(N(C)C)cc3)C(=O)N2c2ccc(C)cc2)cc1. The maximum absolute atomic E-state index is 13.5. The van der Waals surface area contributed by atoms with Gasteiger partial charge >= 0.3 is 0 Å². The fourth-order valence-electron chi connectivity index (χ4n) is 3.70. The van der Waals surface area contributed by atoms with E-state index in [1.54, 1.807) is 4.90 Å². The summed E-state index contributed by atoms with van der Waals surface area (Å²) < 4.78 is 5.80. The van der Waals surface area contributed by atoms with Crippen LogP contribution in [0.5, 0.6) is 5.75 Å². The molecule has 3 aromatic rings. The van der Waals surface area contributed by atoms with Crippen molar-refractivity contribution in [2.45, 2.75) is 26.7 Å². The van der Waals surface area contributed by atoms with Gasteiger partial charge in [0.15, 0.2) is 0 Å². The van der Waals surface area contributed by atoms with E-state index in [1.807, 2.05) is 105 Å². The molecule has 34 heavy (non-hydrogen) atoms. The topological polar surface area (TPSA) is 45.1 Å². The van der Waals surface area contributed by atoms with Crippen LogP contribution in [0, 0.1) is 6.92 Å². The predicted octanol–water partition coefficient (Wildman–Crippen LogP) is 6.07. The highest BCUT2D eigenvalue weighted by molar-refractivity contribution is 6.33. The number of carbonyl (C=O) groups is 1. The number of amidine groups is 1. The molecule has 5 nitrogen and oxygen atoms in total. The number of carbonyl (C=O) groups excluding carboxylic acids is 1. The average molecular weight is 454 g/mol. The summed E-state index contributed by atoms with van der Waals surface area (Å²) in [6, 6.07) is 23.8. The molecule has 0 saturated heterocycles. The molecule has 0 aromatic heterocycles. The largest absolute Gasteiger partial charge is 0.494 e. The Hall–Kier alpha value is -3.86. The number of aliphatic imine (C=N–C) groups is 1. The molecule has 0 fully saturated rings. The number of hydrogen-bond acceptors (Lipinski definition) is 4. The van der Waals surface area contributed by atoms with Crippen LogP contribution in [0.1, 0.15) is 36.5 Å². The number of unbranched alkanes of at least 4 members (excludes halogenated alkanes) is 1. The fraction of sp³-hybridized carbons (Fsp3) is 0.241. The van der Waals surface area contributed by atoms with Gasteiger partial charge in [-0.3, -0.25) is 9.69 Å². The van der Waals surface area contributed by atoms with Crippen molar-refractivity contribution in [3.63, 3.8) is 0 Å². The lowest BCUT2D eigenvalue weighted by molar-refractivity contribution is -0.113. The van der Waals surface area contributed by atoms with Crippen molar-refractivity contribution in [3.8, 4) is 5.75 Å². The first-order valence-corrected chi connectivity index (χ1v) is 11.7. The average Bonchev–Trinajstić information content (AvgIpc) is 3.16. The Labute approximate surface area is 202 Å². The second kappa shape index (κ2) is 10.4. The summed E-state index contributed by atoms with van der Waals surface area (Å²) >= 11 is 0. The van der Waals surface area contributed by atoms with Crippen LogP contribution in [0.25, 0.3) is 6.08 Å². The molecule has 0 bridgehead atoms. The summed E-state index contributed by atoms with van der Waals surface area (Å²) in [6.45, 7) is 4.87. The van der Waals surface area contributed by atoms with Crippen LogP contribution in [0.2, 0.25) is 0 Å². The van der Waals surface area contributed by atoms with Crippen LogP contribution in [-0.2, 0) is 4.79 Å². The molecule has 174 valence electrons. The van der Waals surface area contributed by atoms with Crippen molar-refractivity contribution < 1.29 is 9.53 Å². The molecule has 1 amide bonds. The minimum atomic E-state index is -0.140. The Morgan fingerprint density at radius 2 is 1.62 bits per heavy atom. The van der Waals surface area contributed by atoms with E-state index in [1.165, 1.54) is 0 Å². The van der Waals surface area contributed by atoms with E-state index in [-0.39, 0.29) is 5.91 Å². The van der Waals surface area contributed by atoms with Crippen molar-refractivity contribution in [1.82, 2.24) is 0 Å². The molecule has 1 aliphatic rings. The predicted molar refractivity (Wildman–Crippen MR) is 141 cm³/mol. The number of anilines is 2. The molecular formula is C29H31N3O2. The monoisotopic (exact) mass is 453 g/mol. The lowest BCUT2D eigenvalue weighted by atomic mass is 10.1. The van der Waals surface area contributed by atoms with Crippen LogP contribution in [0.15, 0.2) is 83.5 Å². The summed E-state index contributed by atoms with van der Waals surface area (Å²) in [5.74, 6) is 1.30. The number of nitrogens with zero attached hydrogens (tertiary/aromatic N) is 3. The Kier molecular flexibility index (Phi) is 7.12. The minimum absolute atomic E-state index is 0.140. The van der Waals surface area contributed by atoms with Gasteiger partial charge in [0.2, 0.25) is 0 Å². The lowest BCUT2D eigenvalue weighted by Gasteiger charge is -2.19. The summed E-state index contributed by atoms with van der Waals surface area (Å²) in [4.78, 5) is 22.0. The first kappa shape index (κ1) is 23.3. The zero-order chi connectivity index (χ0) is 24.1. The van der Waals surface area contributed by atoms with Gasteiger partial charge in [-0.25, -0.2) is 4.99 Å². The molecule has 0 unspecified atom stereocenters. The maximum Gasteiger partial charge on any atom is 0.282 e. The molecule has 1 heterocycles. The number of ether oxygens (including phenoxy) is 1. The summed E-state index contributed by atoms with van der Waals surface area (Å²) in [7, 11) is 4.01.